The number of carbonyl (C=O) groups is 1. The number of benzene rings is 3. The molecule has 0 radical (unpaired) electrons. The van der Waals surface area contributed by atoms with Crippen molar-refractivity contribution in [1.29, 1.82) is 0 Å². The fourth-order valence-corrected chi connectivity index (χ4v) is 3.65. The van der Waals surface area contributed by atoms with Crippen LogP contribution in [0.4, 0.5) is 5.69 Å². The van der Waals surface area contributed by atoms with Gasteiger partial charge in [-0.15, -0.1) is 0 Å². The van der Waals surface area contributed by atoms with Gasteiger partial charge in [0, 0.05) is 18.0 Å². The molecule has 0 saturated heterocycles. The molecule has 0 unspecified atom stereocenters. The van der Waals surface area contributed by atoms with E-state index in [1.807, 2.05) is 62.4 Å². The Morgan fingerprint density at radius 1 is 0.947 bits per heavy atom. The van der Waals surface area contributed by atoms with E-state index in [0.29, 0.717) is 23.6 Å². The summed E-state index contributed by atoms with van der Waals surface area (Å²) in [6, 6.07) is 22.0. The molecule has 38 heavy (non-hydrogen) atoms. The van der Waals surface area contributed by atoms with E-state index >= 15 is 0 Å². The molecule has 7 nitrogen and oxygen atoms in total. The maximum atomic E-state index is 12.9. The minimum Gasteiger partial charge on any atom is -0.494 e. The molecule has 194 valence electrons. The van der Waals surface area contributed by atoms with Crippen LogP contribution in [0.5, 0.6) is 11.5 Å². The van der Waals surface area contributed by atoms with Crippen molar-refractivity contribution < 1.29 is 14.3 Å². The van der Waals surface area contributed by atoms with E-state index in [9.17, 15) is 9.59 Å². The monoisotopic (exact) mass is 509 g/mol. The number of carbonyl (C=O) groups excluding carboxylic acids is 1. The zero-order valence-electron chi connectivity index (χ0n) is 21.8. The van der Waals surface area contributed by atoms with E-state index in [1.54, 1.807) is 36.6 Å². The molecule has 0 aliphatic heterocycles. The Bertz CT molecular complexity index is 1480. The van der Waals surface area contributed by atoms with Crippen LogP contribution in [0.15, 0.2) is 88.7 Å². The van der Waals surface area contributed by atoms with Crippen molar-refractivity contribution in [3.63, 3.8) is 0 Å². The van der Waals surface area contributed by atoms with Gasteiger partial charge in [0.1, 0.15) is 11.5 Å². The Labute approximate surface area is 222 Å². The van der Waals surface area contributed by atoms with Crippen LogP contribution in [0.2, 0.25) is 0 Å². The van der Waals surface area contributed by atoms with Crippen molar-refractivity contribution in [3.8, 4) is 17.2 Å². The lowest BCUT2D eigenvalue weighted by molar-refractivity contribution is -0.128. The van der Waals surface area contributed by atoms with Gasteiger partial charge >= 0.3 is 5.97 Å². The predicted molar refractivity (Wildman–Crippen MR) is 151 cm³/mol. The Morgan fingerprint density at radius 3 is 2.32 bits per heavy atom. The number of aromatic amines is 1. The van der Waals surface area contributed by atoms with Crippen LogP contribution in [0.1, 0.15) is 42.1 Å². The second-order valence-electron chi connectivity index (χ2n) is 8.90. The number of nitrogens with one attached hydrogen (secondary N) is 1. The molecule has 1 aromatic heterocycles. The second-order valence-corrected chi connectivity index (χ2v) is 8.90. The summed E-state index contributed by atoms with van der Waals surface area (Å²) < 4.78 is 12.5. The van der Waals surface area contributed by atoms with Crippen LogP contribution in [0.25, 0.3) is 11.8 Å². The van der Waals surface area contributed by atoms with Crippen molar-refractivity contribution in [2.75, 3.05) is 6.61 Å². The number of rotatable bonds is 10. The largest absolute Gasteiger partial charge is 0.494 e. The van der Waals surface area contributed by atoms with Crippen molar-refractivity contribution in [1.82, 2.24) is 9.78 Å². The standard InChI is InChI=1S/C31H31N3O4/c1-4-5-20-37-27-15-8-24(9-16-27)10-19-30(35)38-28-17-11-25(12-18-28)32-21-29-23(3)33-34(31(29)36)26-13-6-22(2)7-14-26/h6-19,21,33H,4-5,20H2,1-3H3/b19-10+,32-21?. The van der Waals surface area contributed by atoms with Crippen LogP contribution in [-0.4, -0.2) is 28.6 Å². The fourth-order valence-electron chi connectivity index (χ4n) is 3.65. The Hall–Kier alpha value is -4.65. The minimum absolute atomic E-state index is 0.175. The highest BCUT2D eigenvalue weighted by Crippen LogP contribution is 2.19. The van der Waals surface area contributed by atoms with Crippen LogP contribution in [0.3, 0.4) is 0 Å². The molecule has 0 spiro atoms. The number of H-pyrrole nitrogens is 1. The van der Waals surface area contributed by atoms with E-state index in [4.69, 9.17) is 9.47 Å². The summed E-state index contributed by atoms with van der Waals surface area (Å²) in [6.07, 6.45) is 6.72. The van der Waals surface area contributed by atoms with Gasteiger partial charge in [0.25, 0.3) is 5.56 Å². The van der Waals surface area contributed by atoms with Gasteiger partial charge in [-0.1, -0.05) is 43.2 Å². The molecule has 0 saturated carbocycles. The smallest absolute Gasteiger partial charge is 0.336 e. The number of aromatic nitrogens is 2. The van der Waals surface area contributed by atoms with Gasteiger partial charge in [-0.3, -0.25) is 14.9 Å². The van der Waals surface area contributed by atoms with Crippen molar-refractivity contribution in [2.45, 2.75) is 33.6 Å². The molecular weight excluding hydrogens is 478 g/mol. The highest BCUT2D eigenvalue weighted by Gasteiger charge is 2.10. The lowest BCUT2D eigenvalue weighted by Gasteiger charge is -2.05. The van der Waals surface area contributed by atoms with E-state index in [2.05, 4.69) is 17.0 Å². The summed E-state index contributed by atoms with van der Waals surface area (Å²) in [4.78, 5) is 29.5. The first-order valence-corrected chi connectivity index (χ1v) is 12.6. The summed E-state index contributed by atoms with van der Waals surface area (Å²) in [7, 11) is 0. The second kappa shape index (κ2) is 12.5. The molecule has 1 N–H and O–H groups in total. The molecule has 0 bridgehead atoms. The first kappa shape index (κ1) is 26.4. The van der Waals surface area contributed by atoms with E-state index < -0.39 is 5.97 Å². The molecule has 4 aromatic rings. The minimum atomic E-state index is -0.482. The third-order valence-corrected chi connectivity index (χ3v) is 5.87. The molecule has 0 atom stereocenters. The van der Waals surface area contributed by atoms with Gasteiger partial charge in [0.05, 0.1) is 23.5 Å². The van der Waals surface area contributed by atoms with Gasteiger partial charge in [-0.25, -0.2) is 9.48 Å². The van der Waals surface area contributed by atoms with Crippen LogP contribution in [0, 0.1) is 13.8 Å². The Kier molecular flexibility index (Phi) is 8.72. The molecular formula is C31H31N3O4. The summed E-state index contributed by atoms with van der Waals surface area (Å²) in [6.45, 7) is 6.65. The molecule has 0 fully saturated rings. The molecule has 7 heteroatoms. The molecule has 0 aliphatic rings. The molecule has 4 rings (SSSR count). The van der Waals surface area contributed by atoms with Gasteiger partial charge < -0.3 is 9.47 Å². The average molecular weight is 510 g/mol. The molecule has 3 aromatic carbocycles. The number of ether oxygens (including phenoxy) is 2. The Morgan fingerprint density at radius 2 is 1.63 bits per heavy atom. The SMILES string of the molecule is CCCCOc1ccc(/C=C/C(=O)Oc2ccc(N=Cc3c(C)[nH]n(-c4ccc(C)cc4)c3=O)cc2)cc1. The first-order chi connectivity index (χ1) is 18.4. The predicted octanol–water partition coefficient (Wildman–Crippen LogP) is 6.33. The van der Waals surface area contributed by atoms with Crippen LogP contribution >= 0.6 is 0 Å². The topological polar surface area (TPSA) is 85.7 Å². The number of nitrogens with zero attached hydrogens (tertiary/aromatic N) is 2. The maximum absolute atomic E-state index is 12.9. The van der Waals surface area contributed by atoms with Gasteiger partial charge in [0.2, 0.25) is 0 Å². The number of esters is 1. The quantitative estimate of drug-likeness (QED) is 0.0890. The van der Waals surface area contributed by atoms with Crippen LogP contribution in [-0.2, 0) is 4.79 Å². The fraction of sp³-hybridized carbons (Fsp3) is 0.194. The van der Waals surface area contributed by atoms with Gasteiger partial charge in [0.15, 0.2) is 0 Å². The maximum Gasteiger partial charge on any atom is 0.336 e. The number of unbranched alkanes of at least 4 members (excludes halogenated alkanes) is 1. The zero-order valence-corrected chi connectivity index (χ0v) is 21.8. The van der Waals surface area contributed by atoms with Crippen LogP contribution < -0.4 is 15.0 Å². The Balaban J connectivity index is 1.34. The number of hydrogen-bond acceptors (Lipinski definition) is 5. The number of aryl methyl sites for hydroxylation is 2. The summed E-state index contributed by atoms with van der Waals surface area (Å²) in [5, 5.41) is 3.10. The summed E-state index contributed by atoms with van der Waals surface area (Å²) in [5.41, 5.74) is 4.40. The van der Waals surface area contributed by atoms with E-state index in [0.717, 1.165) is 41.1 Å². The first-order valence-electron chi connectivity index (χ1n) is 12.6. The van der Waals surface area contributed by atoms with Crippen molar-refractivity contribution in [2.24, 2.45) is 4.99 Å². The number of hydrogen-bond donors (Lipinski definition) is 1. The summed E-state index contributed by atoms with van der Waals surface area (Å²) >= 11 is 0. The average Bonchev–Trinajstić information content (AvgIpc) is 3.21. The zero-order chi connectivity index (χ0) is 26.9. The lowest BCUT2D eigenvalue weighted by atomic mass is 10.2. The van der Waals surface area contributed by atoms with Crippen molar-refractivity contribution >= 4 is 23.9 Å². The third-order valence-electron chi connectivity index (χ3n) is 5.87. The normalized spacial score (nSPS) is 11.3. The van der Waals surface area contributed by atoms with E-state index in [1.165, 1.54) is 10.8 Å². The molecule has 0 aliphatic carbocycles. The molecule has 1 heterocycles. The van der Waals surface area contributed by atoms with Crippen molar-refractivity contribution in [3.05, 3.63) is 112 Å². The lowest BCUT2D eigenvalue weighted by Crippen LogP contribution is -2.17. The van der Waals surface area contributed by atoms with Gasteiger partial charge in [-0.2, -0.15) is 0 Å². The number of aliphatic imine (C=N–C) groups is 1. The highest BCUT2D eigenvalue weighted by molar-refractivity contribution is 5.88. The van der Waals surface area contributed by atoms with Gasteiger partial charge in [-0.05, 0) is 80.4 Å². The third kappa shape index (κ3) is 6.97. The summed E-state index contributed by atoms with van der Waals surface area (Å²) in [5.74, 6) is 0.728. The highest BCUT2D eigenvalue weighted by atomic mass is 16.5. The van der Waals surface area contributed by atoms with E-state index in [-0.39, 0.29) is 5.56 Å². The molecule has 0 amide bonds.